The summed E-state index contributed by atoms with van der Waals surface area (Å²) in [4.78, 5) is 21.1. The van der Waals surface area contributed by atoms with Crippen molar-refractivity contribution >= 4 is 12.4 Å². The number of nitrogens with one attached hydrogen (secondary N) is 1. The topological polar surface area (TPSA) is 66.4 Å². The molecule has 0 aromatic heterocycles. The van der Waals surface area contributed by atoms with Gasteiger partial charge in [-0.25, -0.2) is 4.79 Å². The number of hydrogen-bond donors (Lipinski definition) is 2. The number of carboxylic acid groups (broad SMARTS) is 1. The van der Waals surface area contributed by atoms with Crippen molar-refractivity contribution in [3.63, 3.8) is 0 Å². The molecule has 0 aromatic carbocycles. The van der Waals surface area contributed by atoms with Crippen LogP contribution < -0.4 is 5.32 Å². The van der Waals surface area contributed by atoms with Crippen molar-refractivity contribution in [1.82, 2.24) is 5.32 Å². The van der Waals surface area contributed by atoms with Crippen LogP contribution in [0, 0.1) is 11.8 Å². The molecule has 0 radical (unpaired) electrons. The van der Waals surface area contributed by atoms with E-state index in [1.807, 2.05) is 0 Å². The molecule has 0 atom stereocenters. The van der Waals surface area contributed by atoms with Crippen LogP contribution in [0.4, 0.5) is 0 Å². The monoisotopic (exact) mass is 185 g/mol. The molecule has 1 amide bonds. The van der Waals surface area contributed by atoms with E-state index in [1.54, 1.807) is 0 Å². The molecule has 0 spiro atoms. The maximum absolute atomic E-state index is 10.8. The molecule has 1 saturated carbocycles. The minimum Gasteiger partial charge on any atom is -0.480 e. The largest absolute Gasteiger partial charge is 0.480 e. The second-order valence-corrected chi connectivity index (χ2v) is 4.06. The summed E-state index contributed by atoms with van der Waals surface area (Å²) in [5.74, 6) is -0.0130. The van der Waals surface area contributed by atoms with Crippen LogP contribution in [0.3, 0.4) is 0 Å². The molecule has 1 aliphatic carbocycles. The Labute approximate surface area is 77.3 Å². The number of carbonyl (C=O) groups is 2. The van der Waals surface area contributed by atoms with Crippen molar-refractivity contribution in [3.8, 4) is 0 Å². The highest BCUT2D eigenvalue weighted by atomic mass is 16.4. The zero-order valence-electron chi connectivity index (χ0n) is 7.91. The molecule has 13 heavy (non-hydrogen) atoms. The van der Waals surface area contributed by atoms with Gasteiger partial charge in [0.2, 0.25) is 6.41 Å². The van der Waals surface area contributed by atoms with E-state index in [2.05, 4.69) is 19.2 Å². The molecule has 0 aromatic rings. The Morgan fingerprint density at radius 1 is 1.62 bits per heavy atom. The highest BCUT2D eigenvalue weighted by Crippen LogP contribution is 2.42. The molecular weight excluding hydrogens is 170 g/mol. The predicted molar refractivity (Wildman–Crippen MR) is 47.1 cm³/mol. The number of rotatable bonds is 4. The van der Waals surface area contributed by atoms with E-state index in [9.17, 15) is 9.59 Å². The highest BCUT2D eigenvalue weighted by molar-refractivity contribution is 5.82. The average molecular weight is 185 g/mol. The van der Waals surface area contributed by atoms with Gasteiger partial charge in [-0.2, -0.15) is 0 Å². The fraction of sp³-hybridized carbons (Fsp3) is 0.778. The number of amides is 1. The van der Waals surface area contributed by atoms with E-state index in [-0.39, 0.29) is 0 Å². The van der Waals surface area contributed by atoms with E-state index in [0.717, 1.165) is 0 Å². The smallest absolute Gasteiger partial charge is 0.329 e. The van der Waals surface area contributed by atoms with Crippen LogP contribution in [-0.2, 0) is 9.59 Å². The fourth-order valence-corrected chi connectivity index (χ4v) is 1.77. The van der Waals surface area contributed by atoms with Crippen molar-refractivity contribution in [2.75, 3.05) is 0 Å². The van der Waals surface area contributed by atoms with Crippen LogP contribution in [0.1, 0.15) is 26.7 Å². The molecule has 0 heterocycles. The maximum Gasteiger partial charge on any atom is 0.329 e. The average Bonchev–Trinajstić information content (AvgIpc) is 1.94. The normalized spacial score (nSPS) is 32.4. The first-order chi connectivity index (χ1) is 6.02. The van der Waals surface area contributed by atoms with Crippen LogP contribution in [0.25, 0.3) is 0 Å². The van der Waals surface area contributed by atoms with Gasteiger partial charge >= 0.3 is 5.97 Å². The molecule has 0 unspecified atom stereocenters. The van der Waals surface area contributed by atoms with Gasteiger partial charge in [0.15, 0.2) is 0 Å². The summed E-state index contributed by atoms with van der Waals surface area (Å²) in [6.07, 6.45) is 1.59. The van der Waals surface area contributed by atoms with Gasteiger partial charge in [-0.1, -0.05) is 13.8 Å². The molecule has 0 saturated heterocycles. The third-order valence-corrected chi connectivity index (χ3v) is 2.91. The van der Waals surface area contributed by atoms with Gasteiger partial charge in [0.25, 0.3) is 0 Å². The summed E-state index contributed by atoms with van der Waals surface area (Å²) in [5, 5.41) is 11.3. The zero-order valence-corrected chi connectivity index (χ0v) is 7.91. The molecule has 1 rings (SSSR count). The molecular formula is C9H15NO3. The van der Waals surface area contributed by atoms with Gasteiger partial charge in [0.05, 0.1) is 0 Å². The van der Waals surface area contributed by atoms with E-state index < -0.39 is 11.5 Å². The molecule has 0 bridgehead atoms. The summed E-state index contributed by atoms with van der Waals surface area (Å²) in [6, 6.07) is 0. The number of carboxylic acids is 1. The van der Waals surface area contributed by atoms with E-state index in [0.29, 0.717) is 31.1 Å². The summed E-state index contributed by atoms with van der Waals surface area (Å²) < 4.78 is 0. The first-order valence-corrected chi connectivity index (χ1v) is 4.46. The number of hydrogen-bond acceptors (Lipinski definition) is 2. The molecule has 4 heteroatoms. The van der Waals surface area contributed by atoms with E-state index in [4.69, 9.17) is 5.11 Å². The third-order valence-electron chi connectivity index (χ3n) is 2.91. The SMILES string of the molecule is CC(C)C1CC(NC=O)(C(=O)O)C1. The van der Waals surface area contributed by atoms with Gasteiger partial charge < -0.3 is 10.4 Å². The molecule has 4 nitrogen and oxygen atoms in total. The number of carbonyl (C=O) groups excluding carboxylic acids is 1. The van der Waals surface area contributed by atoms with Crippen LogP contribution in [-0.4, -0.2) is 23.0 Å². The Morgan fingerprint density at radius 2 is 2.15 bits per heavy atom. The predicted octanol–water partition coefficient (Wildman–Crippen LogP) is 0.622. The quantitative estimate of drug-likeness (QED) is 0.631. The lowest BCUT2D eigenvalue weighted by Gasteiger charge is -2.45. The van der Waals surface area contributed by atoms with Crippen molar-refractivity contribution in [1.29, 1.82) is 0 Å². The Kier molecular flexibility index (Phi) is 2.59. The summed E-state index contributed by atoms with van der Waals surface area (Å²) in [7, 11) is 0. The lowest BCUT2D eigenvalue weighted by Crippen LogP contribution is -2.61. The summed E-state index contributed by atoms with van der Waals surface area (Å²) >= 11 is 0. The van der Waals surface area contributed by atoms with Gasteiger partial charge in [0, 0.05) is 0 Å². The number of aliphatic carboxylic acids is 1. The van der Waals surface area contributed by atoms with Crippen LogP contribution in [0.5, 0.6) is 0 Å². The molecule has 74 valence electrons. The highest BCUT2D eigenvalue weighted by Gasteiger charge is 2.51. The van der Waals surface area contributed by atoms with Crippen molar-refractivity contribution in [2.24, 2.45) is 11.8 Å². The lowest BCUT2D eigenvalue weighted by molar-refractivity contribution is -0.153. The van der Waals surface area contributed by atoms with Gasteiger partial charge in [0.1, 0.15) is 5.54 Å². The van der Waals surface area contributed by atoms with E-state index in [1.165, 1.54) is 0 Å². The fourth-order valence-electron chi connectivity index (χ4n) is 1.77. The summed E-state index contributed by atoms with van der Waals surface area (Å²) in [5.41, 5.74) is -0.976. The standard InChI is InChI=1S/C9H15NO3/c1-6(2)7-3-9(4-7,8(12)13)10-5-11/h5-7H,3-4H2,1-2H3,(H,10,11)(H,12,13). The van der Waals surface area contributed by atoms with Crippen molar-refractivity contribution in [2.45, 2.75) is 32.2 Å². The van der Waals surface area contributed by atoms with Gasteiger partial charge in [-0.15, -0.1) is 0 Å². The second kappa shape index (κ2) is 3.36. The third kappa shape index (κ3) is 1.66. The zero-order chi connectivity index (χ0) is 10.1. The minimum absolute atomic E-state index is 0.420. The Balaban J connectivity index is 2.57. The second-order valence-electron chi connectivity index (χ2n) is 4.06. The maximum atomic E-state index is 10.8. The Morgan fingerprint density at radius 3 is 2.46 bits per heavy atom. The van der Waals surface area contributed by atoms with Crippen LogP contribution in [0.15, 0.2) is 0 Å². The lowest BCUT2D eigenvalue weighted by atomic mass is 9.64. The van der Waals surface area contributed by atoms with Crippen molar-refractivity contribution in [3.05, 3.63) is 0 Å². The minimum atomic E-state index is -0.976. The first-order valence-electron chi connectivity index (χ1n) is 4.46. The molecule has 2 N–H and O–H groups in total. The Hall–Kier alpha value is -1.06. The van der Waals surface area contributed by atoms with Crippen LogP contribution in [0.2, 0.25) is 0 Å². The summed E-state index contributed by atoms with van der Waals surface area (Å²) in [6.45, 7) is 4.13. The van der Waals surface area contributed by atoms with Crippen molar-refractivity contribution < 1.29 is 14.7 Å². The van der Waals surface area contributed by atoms with Crippen LogP contribution >= 0.6 is 0 Å². The first kappa shape index (κ1) is 10.0. The molecule has 1 fully saturated rings. The van der Waals surface area contributed by atoms with Gasteiger partial charge in [-0.05, 0) is 24.7 Å². The molecule has 0 aliphatic heterocycles. The Bertz CT molecular complexity index is 219. The van der Waals surface area contributed by atoms with E-state index >= 15 is 0 Å². The van der Waals surface area contributed by atoms with Gasteiger partial charge in [-0.3, -0.25) is 4.79 Å². The molecule has 1 aliphatic rings.